The van der Waals surface area contributed by atoms with Crippen LogP contribution in [0, 0.1) is 11.3 Å². The Bertz CT molecular complexity index is 1220. The van der Waals surface area contributed by atoms with Crippen molar-refractivity contribution >= 4 is 39.8 Å². The van der Waals surface area contributed by atoms with Crippen molar-refractivity contribution in [3.63, 3.8) is 0 Å². The summed E-state index contributed by atoms with van der Waals surface area (Å²) in [7, 11) is 1.30. The summed E-state index contributed by atoms with van der Waals surface area (Å²) in [6.45, 7) is 6.69. The summed E-state index contributed by atoms with van der Waals surface area (Å²) in [5.41, 5.74) is 2.14. The number of para-hydroxylation sites is 1. The molecule has 8 heteroatoms. The molecular formula is C26H28N2O5S. The zero-order chi connectivity index (χ0) is 24.5. The van der Waals surface area contributed by atoms with Gasteiger partial charge in [0.1, 0.15) is 5.00 Å². The number of methoxy groups -OCH3 is 1. The van der Waals surface area contributed by atoms with Gasteiger partial charge in [0.05, 0.1) is 30.2 Å². The molecule has 2 heterocycles. The Morgan fingerprint density at radius 3 is 2.50 bits per heavy atom. The van der Waals surface area contributed by atoms with Crippen LogP contribution in [0.5, 0.6) is 0 Å². The molecule has 0 saturated heterocycles. The summed E-state index contributed by atoms with van der Waals surface area (Å²) in [5, 5.41) is 6.21. The number of hydrogen-bond donors (Lipinski definition) is 2. The van der Waals surface area contributed by atoms with Gasteiger partial charge in [0.2, 0.25) is 0 Å². The van der Waals surface area contributed by atoms with Gasteiger partial charge in [-0.05, 0) is 60.4 Å². The van der Waals surface area contributed by atoms with Gasteiger partial charge in [-0.25, -0.2) is 4.79 Å². The molecule has 0 saturated carbocycles. The van der Waals surface area contributed by atoms with E-state index in [0.717, 1.165) is 29.7 Å². The van der Waals surface area contributed by atoms with Gasteiger partial charge >= 0.3 is 5.97 Å². The summed E-state index contributed by atoms with van der Waals surface area (Å²) in [6.07, 6.45) is 3.97. The van der Waals surface area contributed by atoms with Crippen LogP contribution in [0.3, 0.4) is 0 Å². The van der Waals surface area contributed by atoms with Gasteiger partial charge < -0.3 is 19.8 Å². The maximum absolute atomic E-state index is 13.5. The van der Waals surface area contributed by atoms with Crippen LogP contribution in [-0.4, -0.2) is 24.9 Å². The van der Waals surface area contributed by atoms with Crippen LogP contribution in [0.1, 0.15) is 68.9 Å². The summed E-state index contributed by atoms with van der Waals surface area (Å²) in [4.78, 5) is 39.6. The number of esters is 1. The summed E-state index contributed by atoms with van der Waals surface area (Å²) >= 11 is 1.44. The molecule has 178 valence electrons. The highest BCUT2D eigenvalue weighted by Crippen LogP contribution is 2.44. The van der Waals surface area contributed by atoms with E-state index in [-0.39, 0.29) is 22.6 Å². The van der Waals surface area contributed by atoms with Crippen molar-refractivity contribution in [1.82, 2.24) is 0 Å². The summed E-state index contributed by atoms with van der Waals surface area (Å²) < 4.78 is 10.1. The quantitative estimate of drug-likeness (QED) is 0.451. The molecule has 0 unspecified atom stereocenters. The van der Waals surface area contributed by atoms with Gasteiger partial charge in [-0.15, -0.1) is 11.3 Å². The molecule has 2 N–H and O–H groups in total. The minimum atomic E-state index is -0.539. The van der Waals surface area contributed by atoms with Gasteiger partial charge in [-0.2, -0.15) is 0 Å². The molecule has 0 aliphatic heterocycles. The lowest BCUT2D eigenvalue weighted by atomic mass is 9.72. The fraction of sp³-hybridized carbons (Fsp3) is 0.346. The summed E-state index contributed by atoms with van der Waals surface area (Å²) in [6, 6.07) is 9.90. The first-order valence-electron chi connectivity index (χ1n) is 11.2. The average Bonchev–Trinajstić information content (AvgIpc) is 3.45. The van der Waals surface area contributed by atoms with Crippen LogP contribution in [-0.2, 0) is 17.6 Å². The Balaban J connectivity index is 1.70. The number of carbonyl (C=O) groups is 3. The first kappa shape index (κ1) is 23.8. The molecule has 1 aromatic carbocycles. The highest BCUT2D eigenvalue weighted by Gasteiger charge is 2.34. The summed E-state index contributed by atoms with van der Waals surface area (Å²) in [5.74, 6) is -0.690. The molecule has 1 atom stereocenters. The van der Waals surface area contributed by atoms with Crippen LogP contribution >= 0.6 is 11.3 Å². The monoisotopic (exact) mass is 480 g/mol. The number of fused-ring (bicyclic) bond motifs is 1. The standard InChI is InChI=1S/C26H28N2O5S/c1-26(2,3)15-11-12-17-20(14-15)34-24(28-22(29)19-10-7-13-33-19)21(17)23(30)27-18-9-6-5-8-16(18)25(31)32-4/h5-10,13,15H,11-12,14H2,1-4H3,(H,27,30)(H,28,29)/t15-/m0/s1. The van der Waals surface area contributed by atoms with E-state index in [1.165, 1.54) is 24.7 Å². The largest absolute Gasteiger partial charge is 0.465 e. The van der Waals surface area contributed by atoms with Crippen LogP contribution in [0.4, 0.5) is 10.7 Å². The Morgan fingerprint density at radius 2 is 1.82 bits per heavy atom. The van der Waals surface area contributed by atoms with Crippen molar-refractivity contribution in [1.29, 1.82) is 0 Å². The third-order valence-corrected chi connectivity index (χ3v) is 7.44. The zero-order valence-electron chi connectivity index (χ0n) is 19.7. The first-order chi connectivity index (χ1) is 16.2. The van der Waals surface area contributed by atoms with E-state index in [2.05, 4.69) is 31.4 Å². The molecule has 0 bridgehead atoms. The van der Waals surface area contributed by atoms with E-state index in [1.54, 1.807) is 36.4 Å². The molecule has 4 rings (SSSR count). The zero-order valence-corrected chi connectivity index (χ0v) is 20.5. The van der Waals surface area contributed by atoms with Crippen LogP contribution in [0.2, 0.25) is 0 Å². The maximum atomic E-state index is 13.5. The molecule has 2 amide bonds. The molecule has 1 aliphatic rings. The van der Waals surface area contributed by atoms with Crippen LogP contribution in [0.25, 0.3) is 0 Å². The van der Waals surface area contributed by atoms with Crippen molar-refractivity contribution in [3.05, 3.63) is 70.0 Å². The molecule has 1 aliphatic carbocycles. The highest BCUT2D eigenvalue weighted by atomic mass is 32.1. The van der Waals surface area contributed by atoms with Crippen molar-refractivity contribution in [2.24, 2.45) is 11.3 Å². The van der Waals surface area contributed by atoms with E-state index < -0.39 is 11.9 Å². The Morgan fingerprint density at radius 1 is 1.06 bits per heavy atom. The fourth-order valence-electron chi connectivity index (χ4n) is 4.29. The number of rotatable bonds is 5. The maximum Gasteiger partial charge on any atom is 0.339 e. The molecule has 0 spiro atoms. The van der Waals surface area contributed by atoms with Gasteiger partial charge in [0.25, 0.3) is 11.8 Å². The Labute approximate surface area is 202 Å². The number of thiophene rings is 1. The van der Waals surface area contributed by atoms with E-state index in [9.17, 15) is 14.4 Å². The lowest BCUT2D eigenvalue weighted by molar-refractivity contribution is 0.0601. The number of anilines is 2. The van der Waals surface area contributed by atoms with Gasteiger partial charge in [-0.1, -0.05) is 32.9 Å². The highest BCUT2D eigenvalue weighted by molar-refractivity contribution is 7.17. The molecule has 2 aromatic heterocycles. The van der Waals surface area contributed by atoms with Crippen molar-refractivity contribution in [2.45, 2.75) is 40.0 Å². The third-order valence-electron chi connectivity index (χ3n) is 6.27. The molecule has 0 fully saturated rings. The van der Waals surface area contributed by atoms with Crippen LogP contribution in [0.15, 0.2) is 47.1 Å². The predicted octanol–water partition coefficient (Wildman–Crippen LogP) is 5.78. The SMILES string of the molecule is COC(=O)c1ccccc1NC(=O)c1c(NC(=O)c2ccco2)sc2c1CC[C@H](C(C)(C)C)C2. The smallest absolute Gasteiger partial charge is 0.339 e. The second-order valence-electron chi connectivity index (χ2n) is 9.44. The number of amides is 2. The van der Waals surface area contributed by atoms with Crippen molar-refractivity contribution in [2.75, 3.05) is 17.7 Å². The number of carbonyl (C=O) groups excluding carboxylic acids is 3. The van der Waals surface area contributed by atoms with Gasteiger partial charge in [0.15, 0.2) is 5.76 Å². The minimum Gasteiger partial charge on any atom is -0.465 e. The predicted molar refractivity (Wildman–Crippen MR) is 132 cm³/mol. The Hall–Kier alpha value is -3.39. The first-order valence-corrected chi connectivity index (χ1v) is 12.0. The van der Waals surface area contributed by atoms with Crippen molar-refractivity contribution < 1.29 is 23.5 Å². The van der Waals surface area contributed by atoms with Crippen LogP contribution < -0.4 is 10.6 Å². The third kappa shape index (κ3) is 4.77. The van der Waals surface area contributed by atoms with E-state index in [4.69, 9.17) is 9.15 Å². The second-order valence-corrected chi connectivity index (χ2v) is 10.5. The number of benzene rings is 1. The number of nitrogens with one attached hydrogen (secondary N) is 2. The topological polar surface area (TPSA) is 97.6 Å². The van der Waals surface area contributed by atoms with E-state index in [1.807, 2.05) is 0 Å². The second kappa shape index (κ2) is 9.46. The number of ether oxygens (including phenoxy) is 1. The van der Waals surface area contributed by atoms with Gasteiger partial charge in [0, 0.05) is 4.88 Å². The molecule has 0 radical (unpaired) electrons. The van der Waals surface area contributed by atoms with E-state index >= 15 is 0 Å². The van der Waals surface area contributed by atoms with E-state index in [0.29, 0.717) is 22.2 Å². The normalized spacial score (nSPS) is 15.4. The number of hydrogen-bond acceptors (Lipinski definition) is 6. The fourth-order valence-corrected chi connectivity index (χ4v) is 5.61. The van der Waals surface area contributed by atoms with Crippen molar-refractivity contribution in [3.8, 4) is 0 Å². The average molecular weight is 481 g/mol. The molecule has 7 nitrogen and oxygen atoms in total. The molecule has 34 heavy (non-hydrogen) atoms. The lowest BCUT2D eigenvalue weighted by Crippen LogP contribution is -2.27. The number of furan rings is 1. The minimum absolute atomic E-state index is 0.140. The molecular weight excluding hydrogens is 452 g/mol. The Kier molecular flexibility index (Phi) is 6.61. The molecule has 3 aromatic rings. The van der Waals surface area contributed by atoms with Gasteiger partial charge in [-0.3, -0.25) is 9.59 Å². The lowest BCUT2D eigenvalue weighted by Gasteiger charge is -2.33.